The number of anilines is 2. The highest BCUT2D eigenvalue weighted by molar-refractivity contribution is 7.92. The van der Waals surface area contributed by atoms with Crippen molar-refractivity contribution in [3.8, 4) is 16.9 Å². The lowest BCUT2D eigenvalue weighted by atomic mass is 9.94. The van der Waals surface area contributed by atoms with Gasteiger partial charge in [0.2, 0.25) is 0 Å². The van der Waals surface area contributed by atoms with E-state index in [0.29, 0.717) is 24.7 Å². The van der Waals surface area contributed by atoms with Gasteiger partial charge in [-0.25, -0.2) is 12.8 Å². The molecule has 208 valence electrons. The number of hydrogen-bond acceptors (Lipinski definition) is 5. The Kier molecular flexibility index (Phi) is 6.91. The number of fused-ring (bicyclic) bond motifs is 3. The Bertz CT molecular complexity index is 1500. The molecule has 3 aromatic carbocycles. The van der Waals surface area contributed by atoms with Gasteiger partial charge >= 0.3 is 12.8 Å². The molecule has 1 N–H and O–H groups in total. The molecular formula is C26H22F6N2O4S. The number of sulfonamides is 1. The first kappa shape index (κ1) is 27.1. The summed E-state index contributed by atoms with van der Waals surface area (Å²) in [7, 11) is -4.53. The molecular weight excluding hydrogens is 550 g/mol. The van der Waals surface area contributed by atoms with Crippen LogP contribution in [0, 0.1) is 5.82 Å². The van der Waals surface area contributed by atoms with Crippen molar-refractivity contribution in [1.29, 1.82) is 0 Å². The summed E-state index contributed by atoms with van der Waals surface area (Å²) >= 11 is 0. The molecule has 3 aromatic rings. The van der Waals surface area contributed by atoms with Crippen LogP contribution in [0.1, 0.15) is 18.4 Å². The molecule has 0 aromatic heterocycles. The molecule has 13 heteroatoms. The van der Waals surface area contributed by atoms with Crippen molar-refractivity contribution in [3.05, 3.63) is 72.0 Å². The summed E-state index contributed by atoms with van der Waals surface area (Å²) in [5, 5.41) is 10.2. The molecule has 6 nitrogen and oxygen atoms in total. The summed E-state index contributed by atoms with van der Waals surface area (Å²) in [6, 6.07) is 10.5. The first-order valence-electron chi connectivity index (χ1n) is 11.9. The smallest absolute Gasteiger partial charge is 0.416 e. The number of ether oxygens (including phenoxy) is 1. The van der Waals surface area contributed by atoms with Crippen molar-refractivity contribution < 1.29 is 44.6 Å². The van der Waals surface area contributed by atoms with Crippen LogP contribution in [0.4, 0.5) is 37.7 Å². The second-order valence-corrected chi connectivity index (χ2v) is 11.2. The van der Waals surface area contributed by atoms with Gasteiger partial charge in [-0.15, -0.1) is 0 Å². The Morgan fingerprint density at radius 2 is 1.74 bits per heavy atom. The number of piperidine rings is 1. The van der Waals surface area contributed by atoms with Gasteiger partial charge < -0.3 is 14.7 Å². The largest absolute Gasteiger partial charge is 0.435 e. The lowest BCUT2D eigenvalue weighted by molar-refractivity contribution is -0.137. The second kappa shape index (κ2) is 9.94. The van der Waals surface area contributed by atoms with Crippen LogP contribution in [0.5, 0.6) is 5.75 Å². The van der Waals surface area contributed by atoms with E-state index in [1.165, 1.54) is 12.1 Å². The van der Waals surface area contributed by atoms with Gasteiger partial charge in [-0.05, 0) is 66.4 Å². The van der Waals surface area contributed by atoms with Gasteiger partial charge in [0.05, 0.1) is 40.5 Å². The van der Waals surface area contributed by atoms with Gasteiger partial charge in [0.25, 0.3) is 10.0 Å². The summed E-state index contributed by atoms with van der Waals surface area (Å²) in [6.07, 6.45) is -4.77. The number of rotatable bonds is 5. The van der Waals surface area contributed by atoms with Crippen molar-refractivity contribution >= 4 is 21.4 Å². The molecule has 1 fully saturated rings. The van der Waals surface area contributed by atoms with Crippen LogP contribution in [0.2, 0.25) is 0 Å². The van der Waals surface area contributed by atoms with Crippen molar-refractivity contribution in [1.82, 2.24) is 0 Å². The number of alkyl halides is 5. The van der Waals surface area contributed by atoms with Gasteiger partial charge in [-0.1, -0.05) is 12.1 Å². The molecule has 0 saturated carbocycles. The standard InChI is InChI=1S/C26H22F6N2O4S/c27-18-8-16(9-21(12-18)38-25(28)29)15-4-5-23-24(10-15)34(14-19-13-20(35)6-7-33(19)23)39(36,37)22-3-1-2-17(11-22)26(30,31)32/h1-5,8-12,19-20,25,35H,6-7,13-14H2/t19-,20?/m0/s1. The molecule has 1 unspecified atom stereocenters. The molecule has 0 amide bonds. The second-order valence-electron chi connectivity index (χ2n) is 9.34. The zero-order valence-corrected chi connectivity index (χ0v) is 20.9. The Balaban J connectivity index is 1.64. The van der Waals surface area contributed by atoms with E-state index in [1.807, 2.05) is 4.90 Å². The highest BCUT2D eigenvalue weighted by atomic mass is 32.2. The SMILES string of the molecule is O=S(=O)(c1cccc(C(F)(F)F)c1)N1C[C@@H]2CC(O)CCN2c2ccc(-c3cc(F)cc(OC(F)F)c3)cc21. The summed E-state index contributed by atoms with van der Waals surface area (Å²) < 4.78 is 113. The van der Waals surface area contributed by atoms with E-state index in [1.54, 1.807) is 12.1 Å². The maximum atomic E-state index is 14.2. The van der Waals surface area contributed by atoms with Crippen LogP contribution in [0.25, 0.3) is 11.1 Å². The molecule has 2 atom stereocenters. The predicted molar refractivity (Wildman–Crippen MR) is 131 cm³/mol. The Morgan fingerprint density at radius 3 is 2.46 bits per heavy atom. The van der Waals surface area contributed by atoms with Crippen LogP contribution in [-0.4, -0.2) is 45.4 Å². The maximum Gasteiger partial charge on any atom is 0.416 e. The molecule has 2 aliphatic heterocycles. The Hall–Kier alpha value is -3.45. The van der Waals surface area contributed by atoms with Crippen LogP contribution < -0.4 is 13.9 Å². The first-order chi connectivity index (χ1) is 18.3. The molecule has 0 spiro atoms. The van der Waals surface area contributed by atoms with Gasteiger partial charge in [-0.3, -0.25) is 4.31 Å². The summed E-state index contributed by atoms with van der Waals surface area (Å²) in [4.78, 5) is 1.35. The van der Waals surface area contributed by atoms with Crippen molar-refractivity contribution in [2.45, 2.75) is 42.7 Å². The molecule has 0 radical (unpaired) electrons. The zero-order valence-electron chi connectivity index (χ0n) is 20.1. The lowest BCUT2D eigenvalue weighted by Gasteiger charge is -2.47. The molecule has 2 heterocycles. The van der Waals surface area contributed by atoms with Crippen molar-refractivity contribution in [2.24, 2.45) is 0 Å². The predicted octanol–water partition coefficient (Wildman–Crippen LogP) is 5.65. The van der Waals surface area contributed by atoms with E-state index in [4.69, 9.17) is 0 Å². The number of halogens is 6. The highest BCUT2D eigenvalue weighted by Crippen LogP contribution is 2.44. The fourth-order valence-corrected chi connectivity index (χ4v) is 6.60. The Morgan fingerprint density at radius 1 is 0.974 bits per heavy atom. The highest BCUT2D eigenvalue weighted by Gasteiger charge is 2.41. The molecule has 2 aliphatic rings. The summed E-state index contributed by atoms with van der Waals surface area (Å²) in [5.41, 5.74) is -0.153. The fraction of sp³-hybridized carbons (Fsp3) is 0.308. The summed E-state index contributed by atoms with van der Waals surface area (Å²) in [5.74, 6) is -1.30. The number of aliphatic hydroxyl groups is 1. The minimum atomic E-state index is -4.77. The minimum Gasteiger partial charge on any atom is -0.435 e. The summed E-state index contributed by atoms with van der Waals surface area (Å²) in [6.45, 7) is -2.94. The van der Waals surface area contributed by atoms with Gasteiger partial charge in [0.1, 0.15) is 11.6 Å². The maximum absolute atomic E-state index is 14.2. The van der Waals surface area contributed by atoms with Crippen molar-refractivity contribution in [3.63, 3.8) is 0 Å². The van der Waals surface area contributed by atoms with Gasteiger partial charge in [-0.2, -0.15) is 22.0 Å². The zero-order chi connectivity index (χ0) is 28.1. The van der Waals surface area contributed by atoms with Gasteiger partial charge in [0, 0.05) is 12.6 Å². The molecule has 0 bridgehead atoms. The molecule has 5 rings (SSSR count). The van der Waals surface area contributed by atoms with E-state index in [9.17, 15) is 39.9 Å². The third-order valence-electron chi connectivity index (χ3n) is 6.80. The molecule has 1 saturated heterocycles. The van der Waals surface area contributed by atoms with Crippen LogP contribution >= 0.6 is 0 Å². The van der Waals surface area contributed by atoms with E-state index in [2.05, 4.69) is 4.74 Å². The first-order valence-corrected chi connectivity index (χ1v) is 13.3. The van der Waals surface area contributed by atoms with E-state index >= 15 is 0 Å². The number of benzene rings is 3. The average Bonchev–Trinajstić information content (AvgIpc) is 2.86. The van der Waals surface area contributed by atoms with Crippen LogP contribution in [0.3, 0.4) is 0 Å². The van der Waals surface area contributed by atoms with E-state index in [0.717, 1.165) is 34.6 Å². The minimum absolute atomic E-state index is 0.123. The number of nitrogens with zero attached hydrogens (tertiary/aromatic N) is 2. The molecule has 39 heavy (non-hydrogen) atoms. The van der Waals surface area contributed by atoms with Gasteiger partial charge in [0.15, 0.2) is 0 Å². The monoisotopic (exact) mass is 572 g/mol. The van der Waals surface area contributed by atoms with Crippen molar-refractivity contribution in [2.75, 3.05) is 22.3 Å². The van der Waals surface area contributed by atoms with Crippen LogP contribution in [-0.2, 0) is 16.2 Å². The number of aliphatic hydroxyl groups excluding tert-OH is 1. The van der Waals surface area contributed by atoms with E-state index in [-0.39, 0.29) is 29.8 Å². The molecule has 0 aliphatic carbocycles. The third-order valence-corrected chi connectivity index (χ3v) is 8.57. The lowest BCUT2D eigenvalue weighted by Crippen LogP contribution is -2.55. The number of hydrogen-bond donors (Lipinski definition) is 1. The third kappa shape index (κ3) is 5.37. The van der Waals surface area contributed by atoms with Crippen LogP contribution in [0.15, 0.2) is 65.6 Å². The van der Waals surface area contributed by atoms with E-state index < -0.39 is 57.0 Å². The average molecular weight is 573 g/mol. The normalized spacial score (nSPS) is 19.6. The quantitative estimate of drug-likeness (QED) is 0.400. The fourth-order valence-electron chi connectivity index (χ4n) is 5.04. The Labute approximate surface area is 220 Å². The topological polar surface area (TPSA) is 70.1 Å².